The number of carbonyl (C=O) groups is 5. The molecule has 3 fully saturated rings. The fraction of sp³-hybridized carbons (Fsp3) is 0.629. The number of fused-ring (bicyclic) bond motifs is 5. The van der Waals surface area contributed by atoms with Crippen molar-refractivity contribution in [3.8, 4) is 5.75 Å². The first-order chi connectivity index (χ1) is 21.7. The third-order valence-corrected chi connectivity index (χ3v) is 11.6. The summed E-state index contributed by atoms with van der Waals surface area (Å²) >= 11 is 0. The van der Waals surface area contributed by atoms with E-state index < -0.39 is 53.4 Å². The summed E-state index contributed by atoms with van der Waals surface area (Å²) in [5.74, 6) is -2.45. The van der Waals surface area contributed by atoms with E-state index in [9.17, 15) is 39.3 Å². The van der Waals surface area contributed by atoms with Gasteiger partial charge in [-0.2, -0.15) is 0 Å². The number of aliphatic hydroxyl groups is 2. The second-order valence-corrected chi connectivity index (χ2v) is 14.1. The van der Waals surface area contributed by atoms with E-state index in [0.29, 0.717) is 24.8 Å². The van der Waals surface area contributed by atoms with E-state index in [1.807, 2.05) is 6.92 Å². The standard InChI is InChI=1S/C35H45NO10/c1-33-14-12-23(38)17-21(33)6-9-24-25-13-15-35(44,34(25,2)18-27(39)31(24)33)28(40)19-46-30(42)11-10-29(41)36-26(32(43)45-3)16-20-4-7-22(37)8-5-20/h4-5,7-8,17,24-27,31,37,39,44H,6,9-16,18-19H2,1-3H3,(H,36,41)/t24-,25-,26+,27+,31+,33-,34-,35-/m0/s1. The van der Waals surface area contributed by atoms with E-state index in [2.05, 4.69) is 12.2 Å². The van der Waals surface area contributed by atoms with Crippen molar-refractivity contribution in [2.75, 3.05) is 13.7 Å². The first-order valence-corrected chi connectivity index (χ1v) is 16.2. The van der Waals surface area contributed by atoms with Crippen molar-refractivity contribution >= 4 is 29.4 Å². The molecule has 0 unspecified atom stereocenters. The van der Waals surface area contributed by atoms with Crippen molar-refractivity contribution in [3.05, 3.63) is 41.5 Å². The van der Waals surface area contributed by atoms with Crippen LogP contribution in [-0.4, -0.2) is 76.2 Å². The minimum atomic E-state index is -1.78. The van der Waals surface area contributed by atoms with Crippen LogP contribution in [0.1, 0.15) is 77.2 Å². The van der Waals surface area contributed by atoms with Gasteiger partial charge in [-0.25, -0.2) is 4.79 Å². The van der Waals surface area contributed by atoms with E-state index in [-0.39, 0.29) is 66.8 Å². The number of nitrogens with one attached hydrogen (secondary N) is 1. The minimum absolute atomic E-state index is 0.00502. The molecule has 0 aliphatic heterocycles. The van der Waals surface area contributed by atoms with Gasteiger partial charge in [0.1, 0.15) is 17.4 Å². The number of benzene rings is 1. The van der Waals surface area contributed by atoms with Gasteiger partial charge in [-0.15, -0.1) is 0 Å². The van der Waals surface area contributed by atoms with Gasteiger partial charge in [0.15, 0.2) is 12.4 Å². The van der Waals surface area contributed by atoms with E-state index in [1.165, 1.54) is 19.2 Å². The van der Waals surface area contributed by atoms with E-state index in [1.54, 1.807) is 18.2 Å². The molecule has 11 nitrogen and oxygen atoms in total. The third-order valence-electron chi connectivity index (χ3n) is 11.6. The lowest BCUT2D eigenvalue weighted by atomic mass is 9.45. The van der Waals surface area contributed by atoms with Crippen LogP contribution in [0.3, 0.4) is 0 Å². The highest BCUT2D eigenvalue weighted by Gasteiger charge is 2.68. The Bertz CT molecular complexity index is 1420. The van der Waals surface area contributed by atoms with Crippen molar-refractivity contribution in [2.45, 2.75) is 95.8 Å². The minimum Gasteiger partial charge on any atom is -0.508 e. The second-order valence-electron chi connectivity index (χ2n) is 14.1. The van der Waals surface area contributed by atoms with Gasteiger partial charge < -0.3 is 30.1 Å². The highest BCUT2D eigenvalue weighted by Crippen LogP contribution is 2.67. The van der Waals surface area contributed by atoms with Crippen LogP contribution in [0.15, 0.2) is 35.9 Å². The van der Waals surface area contributed by atoms with Crippen molar-refractivity contribution in [1.29, 1.82) is 0 Å². The number of phenols is 1. The number of ketones is 2. The number of Topliss-reactive ketones (excluding diaryl/α,β-unsaturated/α-hetero) is 1. The number of aromatic hydroxyl groups is 1. The maximum Gasteiger partial charge on any atom is 0.328 e. The number of aliphatic hydroxyl groups excluding tert-OH is 1. The van der Waals surface area contributed by atoms with Crippen LogP contribution in [0.2, 0.25) is 0 Å². The lowest BCUT2D eigenvalue weighted by Gasteiger charge is -2.60. The second kappa shape index (κ2) is 12.9. The van der Waals surface area contributed by atoms with Crippen LogP contribution < -0.4 is 5.32 Å². The van der Waals surface area contributed by atoms with Crippen molar-refractivity contribution in [3.63, 3.8) is 0 Å². The Kier molecular flexibility index (Phi) is 9.48. The van der Waals surface area contributed by atoms with Crippen LogP contribution in [0.25, 0.3) is 0 Å². The van der Waals surface area contributed by atoms with Gasteiger partial charge >= 0.3 is 11.9 Å². The molecule has 1 aromatic carbocycles. The lowest BCUT2D eigenvalue weighted by molar-refractivity contribution is -0.184. The SMILES string of the molecule is COC(=O)[C@@H](Cc1ccc(O)cc1)NC(=O)CCC(=O)OCC(=O)[C@@]1(O)CC[C@H]2[C@@H]3CCC4=CC(=O)CC[C@]4(C)[C@H]3[C@H](O)C[C@@]21C. The summed E-state index contributed by atoms with van der Waals surface area (Å²) in [7, 11) is 1.20. The summed E-state index contributed by atoms with van der Waals surface area (Å²) in [6.07, 6.45) is 4.23. The van der Waals surface area contributed by atoms with Gasteiger partial charge in [0.25, 0.3) is 0 Å². The lowest BCUT2D eigenvalue weighted by Crippen LogP contribution is -2.62. The Morgan fingerprint density at radius 1 is 1.04 bits per heavy atom. The molecule has 0 heterocycles. The Morgan fingerprint density at radius 2 is 1.76 bits per heavy atom. The molecule has 8 atom stereocenters. The Hall–Kier alpha value is -3.57. The first-order valence-electron chi connectivity index (χ1n) is 16.2. The average molecular weight is 640 g/mol. The van der Waals surface area contributed by atoms with Crippen LogP contribution in [0.5, 0.6) is 5.75 Å². The highest BCUT2D eigenvalue weighted by molar-refractivity contribution is 5.92. The fourth-order valence-electron chi connectivity index (χ4n) is 9.17. The molecule has 4 aliphatic rings. The summed E-state index contributed by atoms with van der Waals surface area (Å²) in [4.78, 5) is 63.0. The predicted octanol–water partition coefficient (Wildman–Crippen LogP) is 2.72. The zero-order valence-corrected chi connectivity index (χ0v) is 26.8. The Labute approximate surface area is 268 Å². The van der Waals surface area contributed by atoms with Gasteiger partial charge in [0.05, 0.1) is 19.6 Å². The molecule has 0 bridgehead atoms. The largest absolute Gasteiger partial charge is 0.508 e. The molecule has 0 aromatic heterocycles. The van der Waals surface area contributed by atoms with Gasteiger partial charge in [0, 0.05) is 24.7 Å². The normalized spacial score (nSPS) is 33.8. The monoisotopic (exact) mass is 639 g/mol. The molecule has 3 saturated carbocycles. The van der Waals surface area contributed by atoms with E-state index in [4.69, 9.17) is 9.47 Å². The zero-order chi connectivity index (χ0) is 33.4. The fourth-order valence-corrected chi connectivity index (χ4v) is 9.17. The molecule has 0 spiro atoms. The van der Waals surface area contributed by atoms with Gasteiger partial charge in [-0.1, -0.05) is 31.6 Å². The van der Waals surface area contributed by atoms with E-state index >= 15 is 0 Å². The molecule has 0 saturated heterocycles. The van der Waals surface area contributed by atoms with Gasteiger partial charge in [-0.3, -0.25) is 19.2 Å². The number of ether oxygens (including phenoxy) is 2. The Morgan fingerprint density at radius 3 is 2.46 bits per heavy atom. The molecule has 4 N–H and O–H groups in total. The van der Waals surface area contributed by atoms with Crippen molar-refractivity contribution in [1.82, 2.24) is 5.32 Å². The number of hydrogen-bond donors (Lipinski definition) is 4. The number of rotatable bonds is 10. The molecule has 0 radical (unpaired) electrons. The molecule has 250 valence electrons. The van der Waals surface area contributed by atoms with Gasteiger partial charge in [-0.05, 0) is 85.5 Å². The summed E-state index contributed by atoms with van der Waals surface area (Å²) in [6.45, 7) is 3.36. The highest BCUT2D eigenvalue weighted by atomic mass is 16.5. The van der Waals surface area contributed by atoms with E-state index in [0.717, 1.165) is 18.4 Å². The first kappa shape index (κ1) is 33.8. The molecule has 11 heteroatoms. The van der Waals surface area contributed by atoms with Crippen molar-refractivity contribution < 1.29 is 48.8 Å². The number of allylic oxidation sites excluding steroid dienone is 1. The molecule has 1 amide bonds. The quantitative estimate of drug-likeness (QED) is 0.279. The number of esters is 2. The molecule has 5 rings (SSSR count). The maximum absolute atomic E-state index is 13.5. The number of methoxy groups -OCH3 is 1. The topological polar surface area (TPSA) is 177 Å². The molecule has 46 heavy (non-hydrogen) atoms. The zero-order valence-electron chi connectivity index (χ0n) is 26.8. The molecule has 1 aromatic rings. The summed E-state index contributed by atoms with van der Waals surface area (Å²) < 4.78 is 10.0. The number of hydrogen-bond acceptors (Lipinski definition) is 10. The third kappa shape index (κ3) is 6.11. The molecular formula is C35H45NO10. The molecule has 4 aliphatic carbocycles. The maximum atomic E-state index is 13.5. The number of phenolic OH excluding ortho intramolecular Hbond substituents is 1. The van der Waals surface area contributed by atoms with Crippen LogP contribution >= 0.6 is 0 Å². The van der Waals surface area contributed by atoms with Gasteiger partial charge in [0.2, 0.25) is 11.7 Å². The number of carbonyl (C=O) groups excluding carboxylic acids is 5. The van der Waals surface area contributed by atoms with Crippen molar-refractivity contribution in [2.24, 2.45) is 28.6 Å². The smallest absolute Gasteiger partial charge is 0.328 e. The summed E-state index contributed by atoms with van der Waals surface area (Å²) in [6, 6.07) is 5.14. The number of amides is 1. The summed E-state index contributed by atoms with van der Waals surface area (Å²) in [5, 5.41) is 35.4. The van der Waals surface area contributed by atoms with Crippen LogP contribution in [0.4, 0.5) is 0 Å². The molecular weight excluding hydrogens is 594 g/mol. The summed E-state index contributed by atoms with van der Waals surface area (Å²) in [5.41, 5.74) is -1.18. The Balaban J connectivity index is 1.16. The predicted molar refractivity (Wildman–Crippen MR) is 164 cm³/mol. The van der Waals surface area contributed by atoms with Crippen LogP contribution in [-0.2, 0) is 39.9 Å². The van der Waals surface area contributed by atoms with Crippen LogP contribution in [0, 0.1) is 28.6 Å². The average Bonchev–Trinajstić information content (AvgIpc) is 3.29.